The minimum atomic E-state index is -0.804. The molecule has 0 aromatic carbocycles. The standard InChI is InChI=1S/C46H76O6/c1-4-7-10-13-16-19-20-21-22-23-24-25-28-30-33-36-39-45(48)51-42-43(52-46(49)40-37-34-31-27-18-15-12-9-6-3)41-50-44(47)38-35-32-29-26-17-14-11-8-5-2/h7,9-10,12,16,18-19,21-22,26-27,29,43H,4-6,8,11,13-15,17,20,23-25,28,30-42H2,1-3H3/b10-7-,12-9-,19-16-,22-21-,27-18-,29-26-. The third-order valence-corrected chi connectivity index (χ3v) is 8.43. The number of hydrogen-bond donors (Lipinski definition) is 0. The van der Waals surface area contributed by atoms with Crippen molar-refractivity contribution in [3.8, 4) is 0 Å². The van der Waals surface area contributed by atoms with Crippen LogP contribution in [0.25, 0.3) is 0 Å². The van der Waals surface area contributed by atoms with E-state index in [0.717, 1.165) is 89.9 Å². The minimum Gasteiger partial charge on any atom is -0.462 e. The Bertz CT molecular complexity index is 1020. The molecule has 1 atom stereocenters. The zero-order valence-corrected chi connectivity index (χ0v) is 33.5. The Kier molecular flexibility index (Phi) is 38.2. The van der Waals surface area contributed by atoms with E-state index >= 15 is 0 Å². The first-order valence-corrected chi connectivity index (χ1v) is 20.9. The predicted octanol–water partition coefficient (Wildman–Crippen LogP) is 13.1. The van der Waals surface area contributed by atoms with E-state index in [4.69, 9.17) is 14.2 Å². The number of esters is 3. The van der Waals surface area contributed by atoms with Gasteiger partial charge < -0.3 is 14.2 Å². The van der Waals surface area contributed by atoms with Crippen molar-refractivity contribution in [1.82, 2.24) is 0 Å². The molecule has 0 aliphatic carbocycles. The van der Waals surface area contributed by atoms with Crippen LogP contribution >= 0.6 is 0 Å². The third-order valence-electron chi connectivity index (χ3n) is 8.43. The Balaban J connectivity index is 4.40. The van der Waals surface area contributed by atoms with Crippen LogP contribution in [-0.4, -0.2) is 37.2 Å². The molecule has 0 aromatic heterocycles. The van der Waals surface area contributed by atoms with Crippen molar-refractivity contribution in [2.24, 2.45) is 0 Å². The molecule has 0 aromatic rings. The maximum Gasteiger partial charge on any atom is 0.306 e. The molecule has 0 radical (unpaired) electrons. The first-order chi connectivity index (χ1) is 25.5. The van der Waals surface area contributed by atoms with Gasteiger partial charge in [-0.1, -0.05) is 139 Å². The Morgan fingerprint density at radius 1 is 0.404 bits per heavy atom. The zero-order chi connectivity index (χ0) is 38.0. The lowest BCUT2D eigenvalue weighted by Gasteiger charge is -2.18. The van der Waals surface area contributed by atoms with Gasteiger partial charge in [0.25, 0.3) is 0 Å². The second-order valence-corrected chi connectivity index (χ2v) is 13.5. The molecular weight excluding hydrogens is 648 g/mol. The molecule has 0 bridgehead atoms. The van der Waals surface area contributed by atoms with Crippen molar-refractivity contribution in [2.45, 2.75) is 187 Å². The Morgan fingerprint density at radius 2 is 0.769 bits per heavy atom. The fourth-order valence-electron chi connectivity index (χ4n) is 5.32. The van der Waals surface area contributed by atoms with E-state index in [9.17, 15) is 14.4 Å². The van der Waals surface area contributed by atoms with Crippen LogP contribution in [0.3, 0.4) is 0 Å². The molecular formula is C46H76O6. The average molecular weight is 725 g/mol. The molecule has 0 aliphatic rings. The average Bonchev–Trinajstić information content (AvgIpc) is 3.14. The highest BCUT2D eigenvalue weighted by Gasteiger charge is 2.19. The predicted molar refractivity (Wildman–Crippen MR) is 219 cm³/mol. The summed E-state index contributed by atoms with van der Waals surface area (Å²) in [7, 11) is 0. The largest absolute Gasteiger partial charge is 0.462 e. The highest BCUT2D eigenvalue weighted by Crippen LogP contribution is 2.12. The van der Waals surface area contributed by atoms with Gasteiger partial charge in [-0.3, -0.25) is 14.4 Å². The molecule has 52 heavy (non-hydrogen) atoms. The van der Waals surface area contributed by atoms with Gasteiger partial charge >= 0.3 is 17.9 Å². The summed E-state index contributed by atoms with van der Waals surface area (Å²) >= 11 is 0. The summed E-state index contributed by atoms with van der Waals surface area (Å²) in [5.74, 6) is -1.00. The maximum atomic E-state index is 12.6. The highest BCUT2D eigenvalue weighted by molar-refractivity contribution is 5.71. The molecule has 0 saturated heterocycles. The second kappa shape index (κ2) is 40.6. The molecule has 0 fully saturated rings. The summed E-state index contributed by atoms with van der Waals surface area (Å²) in [6.07, 6.45) is 49.1. The summed E-state index contributed by atoms with van der Waals surface area (Å²) < 4.78 is 16.5. The van der Waals surface area contributed by atoms with Crippen LogP contribution in [0, 0.1) is 0 Å². The molecule has 0 amide bonds. The van der Waals surface area contributed by atoms with Gasteiger partial charge in [0, 0.05) is 19.3 Å². The van der Waals surface area contributed by atoms with E-state index in [1.54, 1.807) is 0 Å². The number of rotatable bonds is 36. The Labute approximate surface area is 319 Å². The van der Waals surface area contributed by atoms with Crippen LogP contribution in [0.1, 0.15) is 181 Å². The van der Waals surface area contributed by atoms with Gasteiger partial charge in [0.1, 0.15) is 13.2 Å². The highest BCUT2D eigenvalue weighted by atomic mass is 16.6. The zero-order valence-electron chi connectivity index (χ0n) is 33.5. The van der Waals surface area contributed by atoms with Crippen LogP contribution in [0.15, 0.2) is 72.9 Å². The number of ether oxygens (including phenoxy) is 3. The fourth-order valence-corrected chi connectivity index (χ4v) is 5.32. The fraction of sp³-hybridized carbons (Fsp3) is 0.674. The van der Waals surface area contributed by atoms with E-state index in [2.05, 4.69) is 93.7 Å². The van der Waals surface area contributed by atoms with Gasteiger partial charge in [0.2, 0.25) is 0 Å². The van der Waals surface area contributed by atoms with Crippen molar-refractivity contribution >= 4 is 17.9 Å². The van der Waals surface area contributed by atoms with Crippen LogP contribution < -0.4 is 0 Å². The van der Waals surface area contributed by atoms with Gasteiger partial charge in [-0.15, -0.1) is 0 Å². The molecule has 0 rings (SSSR count). The summed E-state index contributed by atoms with van der Waals surface area (Å²) in [4.78, 5) is 37.5. The number of carbonyl (C=O) groups excluding carboxylic acids is 3. The molecule has 0 saturated carbocycles. The van der Waals surface area contributed by atoms with Crippen LogP contribution in [-0.2, 0) is 28.6 Å². The number of allylic oxidation sites excluding steroid dienone is 12. The van der Waals surface area contributed by atoms with E-state index < -0.39 is 6.10 Å². The van der Waals surface area contributed by atoms with Crippen molar-refractivity contribution in [3.63, 3.8) is 0 Å². The third kappa shape index (κ3) is 38.1. The monoisotopic (exact) mass is 725 g/mol. The summed E-state index contributed by atoms with van der Waals surface area (Å²) in [6.45, 7) is 6.26. The van der Waals surface area contributed by atoms with E-state index in [1.807, 2.05) is 0 Å². The summed E-state index contributed by atoms with van der Waals surface area (Å²) in [5, 5.41) is 0. The lowest BCUT2D eigenvalue weighted by Crippen LogP contribution is -2.30. The SMILES string of the molecule is CC/C=C\C/C=C\C/C=C\CCCCCCCCC(=O)OCC(COC(=O)CCC/C=C\CCCCCC)OC(=O)CCCC/C=C\C/C=C\CC. The quantitative estimate of drug-likeness (QED) is 0.0277. The lowest BCUT2D eigenvalue weighted by molar-refractivity contribution is -0.167. The topological polar surface area (TPSA) is 78.9 Å². The van der Waals surface area contributed by atoms with Crippen LogP contribution in [0.5, 0.6) is 0 Å². The van der Waals surface area contributed by atoms with Crippen LogP contribution in [0.2, 0.25) is 0 Å². The van der Waals surface area contributed by atoms with Gasteiger partial charge in [0.15, 0.2) is 6.10 Å². The first kappa shape index (κ1) is 48.9. The second-order valence-electron chi connectivity index (χ2n) is 13.5. The molecule has 0 spiro atoms. The first-order valence-electron chi connectivity index (χ1n) is 20.9. The van der Waals surface area contributed by atoms with Gasteiger partial charge in [-0.2, -0.15) is 0 Å². The molecule has 1 unspecified atom stereocenters. The molecule has 296 valence electrons. The van der Waals surface area contributed by atoms with Gasteiger partial charge in [0.05, 0.1) is 0 Å². The smallest absolute Gasteiger partial charge is 0.306 e. The van der Waals surface area contributed by atoms with Crippen molar-refractivity contribution in [3.05, 3.63) is 72.9 Å². The lowest BCUT2D eigenvalue weighted by atomic mass is 10.1. The van der Waals surface area contributed by atoms with Crippen molar-refractivity contribution < 1.29 is 28.6 Å². The van der Waals surface area contributed by atoms with E-state index in [0.29, 0.717) is 25.7 Å². The number of hydrogen-bond acceptors (Lipinski definition) is 6. The van der Waals surface area contributed by atoms with Crippen molar-refractivity contribution in [1.29, 1.82) is 0 Å². The molecule has 6 heteroatoms. The van der Waals surface area contributed by atoms with Crippen LogP contribution in [0.4, 0.5) is 0 Å². The summed E-state index contributed by atoms with van der Waals surface area (Å²) in [6, 6.07) is 0. The number of unbranched alkanes of at least 4 members (excludes halogenated alkanes) is 13. The van der Waals surface area contributed by atoms with Crippen molar-refractivity contribution in [2.75, 3.05) is 13.2 Å². The molecule has 0 heterocycles. The van der Waals surface area contributed by atoms with Gasteiger partial charge in [-0.05, 0) is 96.3 Å². The number of carbonyl (C=O) groups is 3. The maximum absolute atomic E-state index is 12.6. The normalized spacial score (nSPS) is 12.8. The Morgan fingerprint density at radius 3 is 1.31 bits per heavy atom. The molecule has 6 nitrogen and oxygen atoms in total. The van der Waals surface area contributed by atoms with Gasteiger partial charge in [-0.25, -0.2) is 0 Å². The van der Waals surface area contributed by atoms with E-state index in [1.165, 1.54) is 38.5 Å². The minimum absolute atomic E-state index is 0.105. The Hall–Kier alpha value is -3.15. The molecule has 0 aliphatic heterocycles. The van der Waals surface area contributed by atoms with E-state index in [-0.39, 0.29) is 37.5 Å². The summed E-state index contributed by atoms with van der Waals surface area (Å²) in [5.41, 5.74) is 0. The molecule has 0 N–H and O–H groups in total.